The number of rotatable bonds is 19. The molecular weight excluding hydrogens is 1040 g/mol. The second-order valence-electron chi connectivity index (χ2n) is 24.3. The van der Waals surface area contributed by atoms with Crippen molar-refractivity contribution in [2.75, 3.05) is 32.0 Å². The Kier molecular flexibility index (Phi) is 22.5. The number of H-pyrrole nitrogens is 1. The zero-order chi connectivity index (χ0) is 58.1. The Hall–Kier alpha value is -4.95. The number of aliphatic hydroxyl groups is 1. The Labute approximate surface area is 460 Å². The number of β-amino-alcohol motifs (C(OH)–C–C–N with tert-alkyl or cyclic N) is 1. The number of nitrogens with one attached hydrogen (secondary N) is 5. The minimum atomic E-state index is -2.41. The van der Waals surface area contributed by atoms with Gasteiger partial charge >= 0.3 is 5.97 Å². The molecule has 1 aromatic heterocycles. The average molecular weight is 1130 g/mol. The number of thioether (sulfide) groups is 1. The molecule has 6 amide bonds. The average Bonchev–Trinajstić information content (AvgIpc) is 3.91. The van der Waals surface area contributed by atoms with Gasteiger partial charge in [0.15, 0.2) is 22.4 Å². The molecular formula is C54H87N7O13SSi2. The molecule has 3 heterocycles. The number of hydrogen-bond donors (Lipinski definition) is 8. The van der Waals surface area contributed by atoms with Crippen LogP contribution < -0.4 is 27.0 Å². The van der Waals surface area contributed by atoms with Crippen molar-refractivity contribution >= 4 is 92.3 Å². The molecule has 0 bridgehead atoms. The van der Waals surface area contributed by atoms with Gasteiger partial charge in [0, 0.05) is 60.7 Å². The van der Waals surface area contributed by atoms with Crippen molar-refractivity contribution in [3.63, 3.8) is 0 Å². The molecule has 2 aliphatic rings. The summed E-state index contributed by atoms with van der Waals surface area (Å²) in [7, 11) is -4.67. The first kappa shape index (κ1) is 64.6. The van der Waals surface area contributed by atoms with Gasteiger partial charge in [0.1, 0.15) is 17.9 Å². The fourth-order valence-electron chi connectivity index (χ4n) is 8.95. The highest BCUT2D eigenvalue weighted by molar-refractivity contribution is 7.99. The standard InChI is InChI=1S/C54H87N7O13SSi2/c1-15-30(2)47-49(69)57-25-45(66)58-39(42(64)22-34(23-44(55)65)51(70)61-27-35(62)24-40(61)52(71)72)29-75-50-37(36-18-16-17-19-38(36)59-50)20-33(48(68)56-26-46(67)60-47)21-41(63)31(3)32(4)43(74-77(13,14)54(8,9)10)28-73-76(11,12)53(5,6)7/h16-19,30-35,39-40,43,47,59,62H,15,20-29H2,1-14H3,(H2,55,65)(H,56,68)(H,57,69)(H,58,66)(H,60,67)(H,71,72)/t30-,31-,32+,33+,34-,35+,39-,40-,43-,47-/m0/s1. The third-order valence-corrected chi connectivity index (χ3v) is 26.6. The molecule has 0 aliphatic carbocycles. The van der Waals surface area contributed by atoms with Crippen molar-refractivity contribution in [3.8, 4) is 0 Å². The van der Waals surface area contributed by atoms with Gasteiger partial charge in [-0.05, 0) is 66.2 Å². The van der Waals surface area contributed by atoms with E-state index in [1.165, 1.54) is 0 Å². The summed E-state index contributed by atoms with van der Waals surface area (Å²) in [5.74, 6) is -11.0. The second-order valence-corrected chi connectivity index (χ2v) is 34.9. The third-order valence-electron chi connectivity index (χ3n) is 16.5. The number of carboxylic acid groups (broad SMARTS) is 1. The van der Waals surface area contributed by atoms with Crippen LogP contribution in [0, 0.1) is 29.6 Å². The number of carbonyl (C=O) groups excluding carboxylic acids is 8. The third kappa shape index (κ3) is 17.3. The van der Waals surface area contributed by atoms with Crippen molar-refractivity contribution in [2.24, 2.45) is 35.3 Å². The highest BCUT2D eigenvalue weighted by atomic mass is 32.2. The number of aromatic nitrogens is 1. The molecule has 10 atom stereocenters. The van der Waals surface area contributed by atoms with E-state index in [-0.39, 0.29) is 59.9 Å². The van der Waals surface area contributed by atoms with Crippen LogP contribution in [0.1, 0.15) is 107 Å². The van der Waals surface area contributed by atoms with Gasteiger partial charge in [0.25, 0.3) is 0 Å². The second kappa shape index (κ2) is 26.8. The molecule has 0 saturated carbocycles. The number of likely N-dealkylation sites (tertiary alicyclic amines) is 1. The summed E-state index contributed by atoms with van der Waals surface area (Å²) in [5.41, 5.74) is 6.83. The molecule has 1 fully saturated rings. The van der Waals surface area contributed by atoms with Gasteiger partial charge in [-0.1, -0.05) is 93.9 Å². The van der Waals surface area contributed by atoms with Gasteiger partial charge in [0.2, 0.25) is 35.4 Å². The predicted octanol–water partition coefficient (Wildman–Crippen LogP) is 4.82. The van der Waals surface area contributed by atoms with Crippen molar-refractivity contribution in [1.29, 1.82) is 0 Å². The smallest absolute Gasteiger partial charge is 0.326 e. The van der Waals surface area contributed by atoms with E-state index in [9.17, 15) is 53.4 Å². The Bertz CT molecular complexity index is 2490. The Morgan fingerprint density at radius 2 is 1.47 bits per heavy atom. The van der Waals surface area contributed by atoms with Crippen LogP contribution in [0.3, 0.4) is 0 Å². The van der Waals surface area contributed by atoms with Crippen LogP contribution in [-0.2, 0) is 58.4 Å². The van der Waals surface area contributed by atoms with Crippen molar-refractivity contribution in [2.45, 2.75) is 179 Å². The largest absolute Gasteiger partial charge is 0.480 e. The number of nitrogens with two attached hydrogens (primary N) is 1. The number of carbonyl (C=O) groups is 9. The molecule has 2 aliphatic heterocycles. The number of aliphatic carboxylic acids is 1. The number of aromatic amines is 1. The Morgan fingerprint density at radius 3 is 2.05 bits per heavy atom. The zero-order valence-corrected chi connectivity index (χ0v) is 50.5. The van der Waals surface area contributed by atoms with Crippen LogP contribution in [-0.4, -0.2) is 152 Å². The summed E-state index contributed by atoms with van der Waals surface area (Å²) >= 11 is 1.12. The van der Waals surface area contributed by atoms with E-state index in [4.69, 9.17) is 14.6 Å². The fraction of sp³-hybridized carbons (Fsp3) is 0.685. The summed E-state index contributed by atoms with van der Waals surface area (Å²) in [6, 6.07) is 3.34. The van der Waals surface area contributed by atoms with Gasteiger partial charge in [-0.3, -0.25) is 38.4 Å². The number of para-hydroxylation sites is 1. The van der Waals surface area contributed by atoms with E-state index >= 15 is 0 Å². The molecule has 0 unspecified atom stereocenters. The number of fused-ring (bicyclic) bond motifs is 3. The summed E-state index contributed by atoms with van der Waals surface area (Å²) < 4.78 is 13.8. The van der Waals surface area contributed by atoms with Gasteiger partial charge in [-0.2, -0.15) is 0 Å². The molecule has 430 valence electrons. The van der Waals surface area contributed by atoms with Crippen LogP contribution in [0.4, 0.5) is 0 Å². The first-order valence-corrected chi connectivity index (χ1v) is 33.6. The number of amides is 6. The zero-order valence-electron chi connectivity index (χ0n) is 47.7. The molecule has 1 aromatic carbocycles. The molecule has 0 spiro atoms. The van der Waals surface area contributed by atoms with E-state index in [2.05, 4.69) is 94.0 Å². The molecule has 9 N–H and O–H groups in total. The van der Waals surface area contributed by atoms with Gasteiger partial charge in [-0.25, -0.2) is 4.79 Å². The molecule has 2 aromatic rings. The number of aliphatic hydroxyl groups excluding tert-OH is 1. The van der Waals surface area contributed by atoms with Gasteiger partial charge < -0.3 is 55.9 Å². The van der Waals surface area contributed by atoms with Gasteiger partial charge in [0.05, 0.1) is 48.9 Å². The van der Waals surface area contributed by atoms with Crippen LogP contribution >= 0.6 is 11.8 Å². The number of hydrogen-bond acceptors (Lipinski definition) is 13. The van der Waals surface area contributed by atoms with Crippen molar-refractivity contribution in [3.05, 3.63) is 29.8 Å². The lowest BCUT2D eigenvalue weighted by Gasteiger charge is -2.44. The Balaban J connectivity index is 1.79. The maximum absolute atomic E-state index is 14.9. The number of Topliss-reactive ketones (excluding diaryl/α,β-unsaturated/α-hetero) is 2. The number of carboxylic acids is 1. The normalized spacial score (nSPS) is 22.9. The van der Waals surface area contributed by atoms with E-state index in [1.807, 2.05) is 45.0 Å². The first-order chi connectivity index (χ1) is 35.6. The minimum Gasteiger partial charge on any atom is -0.480 e. The SMILES string of the molecule is CC[C@H](C)[C@@H]1NC(=O)CNC(=O)[C@@H](CC(=O)[C@@H](C)[C@@H](C)[C@H](CO[Si](C)(C)C(C)(C)C)O[Si](C)(C)C(C)(C)C)Cc2c([nH]c3ccccc23)SC[C@@H](C(=O)C[C@@H](CC(N)=O)C(=O)N2C[C@H](O)C[C@H]2C(=O)O)NC(=O)CNC1=O. The summed E-state index contributed by atoms with van der Waals surface area (Å²) in [5, 5.41) is 31.8. The van der Waals surface area contributed by atoms with Crippen molar-refractivity contribution in [1.82, 2.24) is 31.2 Å². The predicted molar refractivity (Wildman–Crippen MR) is 299 cm³/mol. The molecule has 20 nitrogen and oxygen atoms in total. The lowest BCUT2D eigenvalue weighted by molar-refractivity contribution is -0.150. The van der Waals surface area contributed by atoms with E-state index in [1.54, 1.807) is 6.92 Å². The minimum absolute atomic E-state index is 0.0183. The molecule has 1 saturated heterocycles. The molecule has 4 rings (SSSR count). The van der Waals surface area contributed by atoms with Crippen LogP contribution in [0.15, 0.2) is 29.3 Å². The van der Waals surface area contributed by atoms with Crippen molar-refractivity contribution < 1.29 is 62.2 Å². The first-order valence-electron chi connectivity index (χ1n) is 26.8. The summed E-state index contributed by atoms with van der Waals surface area (Å²) in [6.07, 6.45) is -2.99. The lowest BCUT2D eigenvalue weighted by Crippen LogP contribution is -2.54. The lowest BCUT2D eigenvalue weighted by atomic mass is 9.82. The van der Waals surface area contributed by atoms with Crippen LogP contribution in [0.2, 0.25) is 36.3 Å². The highest BCUT2D eigenvalue weighted by Crippen LogP contribution is 2.41. The number of nitrogens with zero attached hydrogens (tertiary/aromatic N) is 1. The topological polar surface area (TPSA) is 306 Å². The highest BCUT2D eigenvalue weighted by Gasteiger charge is 2.45. The van der Waals surface area contributed by atoms with Crippen LogP contribution in [0.5, 0.6) is 0 Å². The number of primary amides is 1. The Morgan fingerprint density at radius 1 is 0.870 bits per heavy atom. The quantitative estimate of drug-likeness (QED) is 0.0876. The van der Waals surface area contributed by atoms with Gasteiger partial charge in [-0.15, -0.1) is 11.8 Å². The molecule has 77 heavy (non-hydrogen) atoms. The van der Waals surface area contributed by atoms with E-state index < -0.39 is 144 Å². The monoisotopic (exact) mass is 1130 g/mol. The number of ketones is 2. The fourth-order valence-corrected chi connectivity index (χ4v) is 12.5. The van der Waals surface area contributed by atoms with E-state index in [0.29, 0.717) is 27.9 Å². The molecule has 23 heteroatoms. The summed E-state index contributed by atoms with van der Waals surface area (Å²) in [6.45, 7) is 27.8. The number of benzene rings is 1. The van der Waals surface area contributed by atoms with Crippen LogP contribution in [0.25, 0.3) is 10.9 Å². The maximum Gasteiger partial charge on any atom is 0.326 e. The summed E-state index contributed by atoms with van der Waals surface area (Å²) in [4.78, 5) is 128. The molecule has 0 radical (unpaired) electrons. The van der Waals surface area contributed by atoms with E-state index in [0.717, 1.165) is 16.7 Å². The maximum atomic E-state index is 14.9.